The van der Waals surface area contributed by atoms with Gasteiger partial charge in [-0.2, -0.15) is 0 Å². The molecule has 2 aromatic carbocycles. The number of anilines is 1. The standard InChI is InChI=1S/C16H12FNO/c1-11(19)18-9-8-12-4-2-3-5-14(12)15-10-13(17)6-7-16(15)18/h2-10H,1H3. The Hall–Kier alpha value is -2.42. The Morgan fingerprint density at radius 2 is 1.89 bits per heavy atom. The molecule has 0 spiro atoms. The van der Waals surface area contributed by atoms with Crippen molar-refractivity contribution in [2.45, 2.75) is 6.92 Å². The predicted octanol–water partition coefficient (Wildman–Crippen LogP) is 3.83. The molecule has 2 nitrogen and oxygen atoms in total. The number of carbonyl (C=O) groups is 1. The second kappa shape index (κ2) is 4.35. The Bertz CT molecular complexity index is 691. The monoisotopic (exact) mass is 253 g/mol. The van der Waals surface area contributed by atoms with Gasteiger partial charge in [-0.1, -0.05) is 24.3 Å². The van der Waals surface area contributed by atoms with E-state index in [1.165, 1.54) is 24.0 Å². The number of carbonyl (C=O) groups excluding carboxylic acids is 1. The SMILES string of the molecule is CC(=O)N1C=Cc2ccccc2-c2cc(F)ccc21. The van der Waals surface area contributed by atoms with Crippen molar-refractivity contribution >= 4 is 17.7 Å². The molecule has 0 radical (unpaired) electrons. The summed E-state index contributed by atoms with van der Waals surface area (Å²) < 4.78 is 13.5. The lowest BCUT2D eigenvalue weighted by Crippen LogP contribution is -2.21. The highest BCUT2D eigenvalue weighted by atomic mass is 19.1. The highest BCUT2D eigenvalue weighted by molar-refractivity contribution is 6.01. The van der Waals surface area contributed by atoms with E-state index in [-0.39, 0.29) is 11.7 Å². The van der Waals surface area contributed by atoms with Gasteiger partial charge in [-0.05, 0) is 35.4 Å². The average molecular weight is 253 g/mol. The van der Waals surface area contributed by atoms with E-state index in [2.05, 4.69) is 0 Å². The maximum atomic E-state index is 13.5. The van der Waals surface area contributed by atoms with Gasteiger partial charge in [0.05, 0.1) is 5.69 Å². The molecule has 3 heteroatoms. The van der Waals surface area contributed by atoms with Gasteiger partial charge in [-0.25, -0.2) is 4.39 Å². The van der Waals surface area contributed by atoms with Crippen LogP contribution in [0.3, 0.4) is 0 Å². The van der Waals surface area contributed by atoms with Crippen LogP contribution in [0.4, 0.5) is 10.1 Å². The van der Waals surface area contributed by atoms with Crippen LogP contribution in [0.25, 0.3) is 17.2 Å². The number of hydrogen-bond donors (Lipinski definition) is 0. The van der Waals surface area contributed by atoms with E-state index in [0.29, 0.717) is 5.69 Å². The normalized spacial score (nSPS) is 12.6. The predicted molar refractivity (Wildman–Crippen MR) is 74.0 cm³/mol. The van der Waals surface area contributed by atoms with Crippen LogP contribution < -0.4 is 4.90 Å². The average Bonchev–Trinajstić information content (AvgIpc) is 2.55. The molecule has 1 amide bonds. The van der Waals surface area contributed by atoms with Crippen molar-refractivity contribution in [3.63, 3.8) is 0 Å². The molecular formula is C16H12FNO. The van der Waals surface area contributed by atoms with Crippen molar-refractivity contribution in [3.05, 3.63) is 60.0 Å². The van der Waals surface area contributed by atoms with Crippen LogP contribution in [0.5, 0.6) is 0 Å². The smallest absolute Gasteiger partial charge is 0.227 e. The number of benzene rings is 2. The van der Waals surface area contributed by atoms with Crippen LogP contribution in [0.1, 0.15) is 12.5 Å². The molecule has 1 aliphatic rings. The van der Waals surface area contributed by atoms with Gasteiger partial charge in [0.2, 0.25) is 5.91 Å². The lowest BCUT2D eigenvalue weighted by Gasteiger charge is -2.18. The molecule has 94 valence electrons. The van der Waals surface area contributed by atoms with Gasteiger partial charge in [0, 0.05) is 18.7 Å². The molecule has 2 aromatic rings. The number of hydrogen-bond acceptors (Lipinski definition) is 1. The van der Waals surface area contributed by atoms with Crippen LogP contribution >= 0.6 is 0 Å². The summed E-state index contributed by atoms with van der Waals surface area (Å²) in [6.45, 7) is 1.49. The van der Waals surface area contributed by atoms with Gasteiger partial charge >= 0.3 is 0 Å². The fourth-order valence-electron chi connectivity index (χ4n) is 2.33. The van der Waals surface area contributed by atoms with Crippen molar-refractivity contribution < 1.29 is 9.18 Å². The van der Waals surface area contributed by atoms with E-state index in [1.54, 1.807) is 12.3 Å². The van der Waals surface area contributed by atoms with Crippen LogP contribution in [-0.2, 0) is 4.79 Å². The molecule has 19 heavy (non-hydrogen) atoms. The number of rotatable bonds is 0. The fourth-order valence-corrected chi connectivity index (χ4v) is 2.33. The lowest BCUT2D eigenvalue weighted by atomic mass is 9.99. The molecular weight excluding hydrogens is 241 g/mol. The number of halogens is 1. The summed E-state index contributed by atoms with van der Waals surface area (Å²) in [5, 5.41) is 0. The Labute approximate surface area is 110 Å². The van der Waals surface area contributed by atoms with Crippen LogP contribution in [-0.4, -0.2) is 5.91 Å². The maximum Gasteiger partial charge on any atom is 0.227 e. The van der Waals surface area contributed by atoms with Crippen molar-refractivity contribution in [2.24, 2.45) is 0 Å². The molecule has 0 fully saturated rings. The lowest BCUT2D eigenvalue weighted by molar-refractivity contribution is -0.115. The molecule has 3 rings (SSSR count). The van der Waals surface area contributed by atoms with Crippen LogP contribution in [0.15, 0.2) is 48.7 Å². The first kappa shape index (κ1) is 11.7. The van der Waals surface area contributed by atoms with Gasteiger partial charge in [-0.3, -0.25) is 9.69 Å². The van der Waals surface area contributed by atoms with Crippen molar-refractivity contribution in [3.8, 4) is 11.1 Å². The van der Waals surface area contributed by atoms with Crippen molar-refractivity contribution in [2.75, 3.05) is 4.90 Å². The van der Waals surface area contributed by atoms with Crippen LogP contribution in [0, 0.1) is 5.82 Å². The third-order valence-electron chi connectivity index (χ3n) is 3.21. The largest absolute Gasteiger partial charge is 0.287 e. The van der Waals surface area contributed by atoms with Gasteiger partial charge < -0.3 is 0 Å². The van der Waals surface area contributed by atoms with Gasteiger partial charge in [0.1, 0.15) is 5.82 Å². The molecule has 0 unspecified atom stereocenters. The zero-order chi connectivity index (χ0) is 13.4. The highest BCUT2D eigenvalue weighted by Crippen LogP contribution is 2.37. The summed E-state index contributed by atoms with van der Waals surface area (Å²) in [7, 11) is 0. The van der Waals surface area contributed by atoms with E-state index in [4.69, 9.17) is 0 Å². The number of nitrogens with zero attached hydrogens (tertiary/aromatic N) is 1. The number of amides is 1. The first-order chi connectivity index (χ1) is 9.16. The van der Waals surface area contributed by atoms with Crippen molar-refractivity contribution in [1.82, 2.24) is 0 Å². The molecule has 0 bridgehead atoms. The Balaban J connectivity index is 2.33. The molecule has 1 heterocycles. The zero-order valence-electron chi connectivity index (χ0n) is 10.4. The molecule has 0 saturated carbocycles. The summed E-state index contributed by atoms with van der Waals surface area (Å²) in [5.74, 6) is -0.407. The highest BCUT2D eigenvalue weighted by Gasteiger charge is 2.19. The number of fused-ring (bicyclic) bond motifs is 3. The minimum atomic E-state index is -0.307. The summed E-state index contributed by atoms with van der Waals surface area (Å²) in [6, 6.07) is 12.2. The Kier molecular flexibility index (Phi) is 2.67. The minimum Gasteiger partial charge on any atom is -0.287 e. The minimum absolute atomic E-state index is 0.100. The first-order valence-electron chi connectivity index (χ1n) is 6.04. The molecule has 0 saturated heterocycles. The first-order valence-corrected chi connectivity index (χ1v) is 6.04. The van der Waals surface area contributed by atoms with Gasteiger partial charge in [-0.15, -0.1) is 0 Å². The molecule has 0 aromatic heterocycles. The van der Waals surface area contributed by atoms with Gasteiger partial charge in [0.15, 0.2) is 0 Å². The third kappa shape index (κ3) is 1.93. The summed E-state index contributed by atoms with van der Waals surface area (Å²) in [4.78, 5) is 13.3. The fraction of sp³-hybridized carbons (Fsp3) is 0.0625. The van der Waals surface area contributed by atoms with E-state index in [1.807, 2.05) is 30.3 Å². The van der Waals surface area contributed by atoms with Gasteiger partial charge in [0.25, 0.3) is 0 Å². The second-order valence-corrected chi connectivity index (χ2v) is 4.45. The van der Waals surface area contributed by atoms with E-state index in [9.17, 15) is 9.18 Å². The van der Waals surface area contributed by atoms with Crippen molar-refractivity contribution in [1.29, 1.82) is 0 Å². The summed E-state index contributed by atoms with van der Waals surface area (Å²) in [6.07, 6.45) is 3.60. The molecule has 0 atom stereocenters. The Morgan fingerprint density at radius 1 is 1.11 bits per heavy atom. The maximum absolute atomic E-state index is 13.5. The van der Waals surface area contributed by atoms with E-state index in [0.717, 1.165) is 16.7 Å². The molecule has 1 aliphatic heterocycles. The quantitative estimate of drug-likeness (QED) is 0.698. The molecule has 0 N–H and O–H groups in total. The van der Waals surface area contributed by atoms with Crippen LogP contribution in [0.2, 0.25) is 0 Å². The van der Waals surface area contributed by atoms with E-state index < -0.39 is 0 Å². The summed E-state index contributed by atoms with van der Waals surface area (Å²) in [5.41, 5.74) is 3.33. The second-order valence-electron chi connectivity index (χ2n) is 4.45. The Morgan fingerprint density at radius 3 is 2.68 bits per heavy atom. The topological polar surface area (TPSA) is 20.3 Å². The van der Waals surface area contributed by atoms with E-state index >= 15 is 0 Å². The zero-order valence-corrected chi connectivity index (χ0v) is 10.4. The third-order valence-corrected chi connectivity index (χ3v) is 3.21. The summed E-state index contributed by atoms with van der Waals surface area (Å²) >= 11 is 0. The molecule has 0 aliphatic carbocycles.